The van der Waals surface area contributed by atoms with Crippen LogP contribution in [0.25, 0.3) is 0 Å². The van der Waals surface area contributed by atoms with Crippen LogP contribution in [-0.2, 0) is 32.5 Å². The lowest BCUT2D eigenvalue weighted by molar-refractivity contribution is -0.138. The molecule has 4 aromatic rings. The predicted octanol–water partition coefficient (Wildman–Crippen LogP) is 5.75. The molecule has 1 atom stereocenters. The number of benzene rings is 3. The SMILES string of the molecule is CCN(CC)c1ncc(N(CC)S(=O)(=O)c2cc(F)cc(F)c2)c(NC(Cc2ccc(OC(=O)N(C)C)cc2)C(=O)O)n1.CN(C)C(=O)Oc1ccc(CCC(=O)O)cc1. The van der Waals surface area contributed by atoms with E-state index in [1.807, 2.05) is 13.8 Å². The van der Waals surface area contributed by atoms with E-state index in [1.54, 1.807) is 55.4 Å². The van der Waals surface area contributed by atoms with Gasteiger partial charge in [0, 0.05) is 66.7 Å². The molecule has 0 bridgehead atoms. The van der Waals surface area contributed by atoms with Gasteiger partial charge in [-0.2, -0.15) is 4.98 Å². The Morgan fingerprint density at radius 3 is 1.70 bits per heavy atom. The first-order valence-electron chi connectivity index (χ1n) is 18.6. The zero-order valence-corrected chi connectivity index (χ0v) is 35.1. The van der Waals surface area contributed by atoms with Gasteiger partial charge in [-0.1, -0.05) is 24.3 Å². The van der Waals surface area contributed by atoms with Crippen LogP contribution in [-0.4, -0.2) is 116 Å². The molecule has 2 amide bonds. The van der Waals surface area contributed by atoms with Crippen molar-refractivity contribution >= 4 is 51.6 Å². The molecule has 4 rings (SSSR count). The second-order valence-electron chi connectivity index (χ2n) is 13.3. The maximum absolute atomic E-state index is 14.0. The van der Waals surface area contributed by atoms with Crippen LogP contribution in [0, 0.1) is 11.6 Å². The van der Waals surface area contributed by atoms with Gasteiger partial charge in [-0.05, 0) is 74.7 Å². The van der Waals surface area contributed by atoms with Crippen molar-refractivity contribution in [3.05, 3.63) is 95.7 Å². The molecule has 1 unspecified atom stereocenters. The van der Waals surface area contributed by atoms with Gasteiger partial charge in [0.1, 0.15) is 34.9 Å². The van der Waals surface area contributed by atoms with E-state index in [4.69, 9.17) is 14.6 Å². The number of nitrogens with one attached hydrogen (secondary N) is 1. The summed E-state index contributed by atoms with van der Waals surface area (Å²) in [7, 11) is 1.75. The largest absolute Gasteiger partial charge is 0.481 e. The van der Waals surface area contributed by atoms with Crippen molar-refractivity contribution in [2.24, 2.45) is 0 Å². The number of rotatable bonds is 17. The van der Waals surface area contributed by atoms with Gasteiger partial charge in [0.2, 0.25) is 5.95 Å². The minimum absolute atomic E-state index is 0.0602. The number of aliphatic carboxylic acids is 2. The molecular formula is C40H49F2N7O10S. The van der Waals surface area contributed by atoms with Gasteiger partial charge in [0.25, 0.3) is 10.0 Å². The Bertz CT molecular complexity index is 2190. The minimum atomic E-state index is -4.52. The van der Waals surface area contributed by atoms with Crippen LogP contribution in [0.1, 0.15) is 38.3 Å². The van der Waals surface area contributed by atoms with Crippen molar-refractivity contribution in [2.45, 2.75) is 51.0 Å². The molecule has 0 aliphatic carbocycles. The highest BCUT2D eigenvalue weighted by molar-refractivity contribution is 7.92. The van der Waals surface area contributed by atoms with Crippen molar-refractivity contribution in [3.63, 3.8) is 0 Å². The topological polar surface area (TPSA) is 212 Å². The fourth-order valence-electron chi connectivity index (χ4n) is 5.24. The van der Waals surface area contributed by atoms with Crippen molar-refractivity contribution in [2.75, 3.05) is 62.3 Å². The number of hydrogen-bond donors (Lipinski definition) is 3. The number of halogens is 2. The van der Waals surface area contributed by atoms with Crippen LogP contribution in [0.2, 0.25) is 0 Å². The number of sulfonamides is 1. The van der Waals surface area contributed by atoms with Crippen molar-refractivity contribution in [3.8, 4) is 11.5 Å². The van der Waals surface area contributed by atoms with E-state index < -0.39 is 56.7 Å². The van der Waals surface area contributed by atoms with E-state index >= 15 is 0 Å². The van der Waals surface area contributed by atoms with E-state index in [9.17, 15) is 41.5 Å². The number of carboxylic acid groups (broad SMARTS) is 2. The first-order valence-corrected chi connectivity index (χ1v) is 20.0. The lowest BCUT2D eigenvalue weighted by atomic mass is 10.1. The summed E-state index contributed by atoms with van der Waals surface area (Å²) in [5, 5.41) is 21.5. The highest BCUT2D eigenvalue weighted by Gasteiger charge is 2.30. The first-order chi connectivity index (χ1) is 28.3. The molecule has 0 radical (unpaired) electrons. The number of carboxylic acids is 2. The van der Waals surface area contributed by atoms with E-state index in [-0.39, 0.29) is 42.6 Å². The minimum Gasteiger partial charge on any atom is -0.481 e. The summed E-state index contributed by atoms with van der Waals surface area (Å²) in [5.74, 6) is -3.40. The van der Waals surface area contributed by atoms with E-state index in [0.717, 1.165) is 9.87 Å². The van der Waals surface area contributed by atoms with E-state index in [2.05, 4.69) is 15.3 Å². The Labute approximate surface area is 347 Å². The third-order valence-corrected chi connectivity index (χ3v) is 10.3. The van der Waals surface area contributed by atoms with E-state index in [0.29, 0.717) is 49.0 Å². The summed E-state index contributed by atoms with van der Waals surface area (Å²) in [6.45, 7) is 6.09. The Kier molecular flexibility index (Phi) is 17.5. The highest BCUT2D eigenvalue weighted by atomic mass is 32.2. The Morgan fingerprint density at radius 1 is 0.767 bits per heavy atom. The van der Waals surface area contributed by atoms with Crippen molar-refractivity contribution in [1.82, 2.24) is 19.8 Å². The van der Waals surface area contributed by atoms with Gasteiger partial charge >= 0.3 is 24.1 Å². The molecule has 0 spiro atoms. The summed E-state index contributed by atoms with van der Waals surface area (Å²) in [5.41, 5.74) is 1.36. The van der Waals surface area contributed by atoms with E-state index in [1.165, 1.54) is 49.1 Å². The zero-order valence-electron chi connectivity index (χ0n) is 34.3. The average molecular weight is 858 g/mol. The Hall–Kier alpha value is -6.57. The van der Waals surface area contributed by atoms with Crippen LogP contribution in [0.4, 0.5) is 35.8 Å². The molecule has 0 saturated carbocycles. The number of carbonyl (C=O) groups excluding carboxylic acids is 2. The number of aromatic nitrogens is 2. The number of carbonyl (C=O) groups is 4. The normalized spacial score (nSPS) is 11.3. The van der Waals surface area contributed by atoms with Gasteiger partial charge < -0.3 is 39.7 Å². The van der Waals surface area contributed by atoms with Crippen LogP contribution >= 0.6 is 0 Å². The average Bonchev–Trinajstić information content (AvgIpc) is 3.19. The third kappa shape index (κ3) is 13.8. The molecule has 1 heterocycles. The van der Waals surface area contributed by atoms with Gasteiger partial charge in [0.15, 0.2) is 5.82 Å². The van der Waals surface area contributed by atoms with Gasteiger partial charge in [-0.15, -0.1) is 0 Å². The zero-order chi connectivity index (χ0) is 44.7. The second-order valence-corrected chi connectivity index (χ2v) is 15.2. The lowest BCUT2D eigenvalue weighted by Gasteiger charge is -2.27. The molecule has 0 aliphatic rings. The molecule has 3 aromatic carbocycles. The number of hydrogen-bond acceptors (Lipinski definition) is 12. The molecule has 324 valence electrons. The fraction of sp³-hybridized carbons (Fsp3) is 0.350. The fourth-order valence-corrected chi connectivity index (χ4v) is 6.75. The molecule has 20 heteroatoms. The summed E-state index contributed by atoms with van der Waals surface area (Å²) >= 11 is 0. The van der Waals surface area contributed by atoms with Gasteiger partial charge in [0.05, 0.1) is 11.1 Å². The number of anilines is 3. The maximum atomic E-state index is 14.0. The first kappa shape index (κ1) is 47.8. The maximum Gasteiger partial charge on any atom is 0.414 e. The highest BCUT2D eigenvalue weighted by Crippen LogP contribution is 2.32. The van der Waals surface area contributed by atoms with Crippen LogP contribution in [0.15, 0.2) is 77.8 Å². The number of nitrogens with zero attached hydrogens (tertiary/aromatic N) is 6. The predicted molar refractivity (Wildman–Crippen MR) is 219 cm³/mol. The summed E-state index contributed by atoms with van der Waals surface area (Å²) in [6, 6.07) is 13.7. The molecule has 1 aromatic heterocycles. The molecular weight excluding hydrogens is 809 g/mol. The number of amides is 2. The molecule has 60 heavy (non-hydrogen) atoms. The number of aryl methyl sites for hydroxylation is 1. The lowest BCUT2D eigenvalue weighted by Crippen LogP contribution is -2.36. The molecule has 0 saturated heterocycles. The molecule has 0 aliphatic heterocycles. The summed E-state index contributed by atoms with van der Waals surface area (Å²) in [4.78, 5) is 58.3. The Morgan fingerprint density at radius 2 is 1.27 bits per heavy atom. The van der Waals surface area contributed by atoms with Crippen LogP contribution in [0.3, 0.4) is 0 Å². The smallest absolute Gasteiger partial charge is 0.414 e. The summed E-state index contributed by atoms with van der Waals surface area (Å²) in [6.07, 6.45) is 0.716. The molecule has 0 fully saturated rings. The Balaban J connectivity index is 0.000000472. The quantitative estimate of drug-likeness (QED) is 0.116. The number of ether oxygens (including phenoxy) is 2. The second kappa shape index (κ2) is 22.0. The molecule has 17 nitrogen and oxygen atoms in total. The summed E-state index contributed by atoms with van der Waals surface area (Å²) < 4.78 is 66.1. The van der Waals surface area contributed by atoms with Gasteiger partial charge in [-0.3, -0.25) is 9.10 Å². The molecule has 3 N–H and O–H groups in total. The van der Waals surface area contributed by atoms with Crippen molar-refractivity contribution in [1.29, 1.82) is 0 Å². The monoisotopic (exact) mass is 857 g/mol. The van der Waals surface area contributed by atoms with Crippen molar-refractivity contribution < 1.29 is 56.1 Å². The standard InChI is InChI=1S/C28H34F2N6O6S.C12H15NO4/c1-6-35(7-2)27-31-17-24(36(8-3)43(40,41)22-15-19(29)14-20(30)16-22)25(33-27)32-23(26(37)38)13-18-9-11-21(12-10-18)42-28(39)34(4)5;1-13(2)12(16)17-10-6-3-9(4-7-10)5-8-11(14)15/h9-12,14-17,23H,6-8,13H2,1-5H3,(H,37,38)(H,31,32,33);3-4,6-7H,5,8H2,1-2H3,(H,14,15). The van der Waals surface area contributed by atoms with Crippen LogP contribution < -0.4 is 24.0 Å². The van der Waals surface area contributed by atoms with Crippen LogP contribution in [0.5, 0.6) is 11.5 Å². The third-order valence-electron chi connectivity index (χ3n) is 8.45. The van der Waals surface area contributed by atoms with Gasteiger partial charge in [-0.25, -0.2) is 36.6 Å².